The average molecular weight is 262 g/mol. The van der Waals surface area contributed by atoms with Crippen molar-refractivity contribution >= 4 is 5.97 Å². The topological polar surface area (TPSA) is 38.8 Å². The van der Waals surface area contributed by atoms with E-state index in [1.54, 1.807) is 6.07 Å². The lowest BCUT2D eigenvalue weighted by Crippen LogP contribution is -2.20. The zero-order chi connectivity index (χ0) is 14.1. The molecule has 1 heterocycles. The minimum absolute atomic E-state index is 0.0713. The second kappa shape index (κ2) is 4.97. The molecule has 3 heteroatoms. The van der Waals surface area contributed by atoms with E-state index in [0.29, 0.717) is 18.8 Å². The van der Waals surface area contributed by atoms with Gasteiger partial charge in [0.05, 0.1) is 12.2 Å². The third-order valence-electron chi connectivity index (χ3n) is 3.91. The number of benzene rings is 1. The zero-order valence-electron chi connectivity index (χ0n) is 12.2. The molecule has 0 bridgehead atoms. The molecule has 2 rings (SSSR count). The van der Waals surface area contributed by atoms with Gasteiger partial charge in [0.25, 0.3) is 0 Å². The van der Waals surface area contributed by atoms with Gasteiger partial charge in [-0.25, -0.2) is 4.79 Å². The molecule has 1 aromatic rings. The smallest absolute Gasteiger partial charge is 0.338 e. The molecule has 0 amide bonds. The number of ether oxygens (including phenoxy) is 2. The summed E-state index contributed by atoms with van der Waals surface area (Å²) in [6.45, 7) is 9.44. The van der Waals surface area contributed by atoms with Gasteiger partial charge in [0, 0.05) is 0 Å². The Morgan fingerprint density at radius 3 is 2.74 bits per heavy atom. The van der Waals surface area contributed by atoms with Crippen LogP contribution in [0, 0.1) is 0 Å². The molecule has 1 aliphatic rings. The van der Waals surface area contributed by atoms with E-state index in [-0.39, 0.29) is 17.0 Å². The summed E-state index contributed by atoms with van der Waals surface area (Å²) in [5.74, 6) is -0.273. The number of epoxide rings is 1. The van der Waals surface area contributed by atoms with E-state index in [2.05, 4.69) is 26.8 Å². The summed E-state index contributed by atoms with van der Waals surface area (Å²) >= 11 is 0. The SMILES string of the molecule is CCC(C)(C)c1cccc(C(=O)OCC2(C)CO2)c1. The first-order valence-electron chi connectivity index (χ1n) is 6.78. The average Bonchev–Trinajstić information content (AvgIpc) is 3.14. The summed E-state index contributed by atoms with van der Waals surface area (Å²) in [5.41, 5.74) is 1.60. The minimum atomic E-state index is -0.273. The van der Waals surface area contributed by atoms with Crippen LogP contribution in [0.4, 0.5) is 0 Å². The van der Waals surface area contributed by atoms with Gasteiger partial charge in [-0.1, -0.05) is 32.9 Å². The van der Waals surface area contributed by atoms with Crippen molar-refractivity contribution < 1.29 is 14.3 Å². The molecule has 1 aromatic carbocycles. The van der Waals surface area contributed by atoms with Crippen LogP contribution in [-0.4, -0.2) is 24.8 Å². The Morgan fingerprint density at radius 2 is 2.16 bits per heavy atom. The number of rotatable bonds is 5. The molecule has 104 valence electrons. The van der Waals surface area contributed by atoms with Crippen LogP contribution >= 0.6 is 0 Å². The van der Waals surface area contributed by atoms with Gasteiger partial charge in [-0.2, -0.15) is 0 Å². The van der Waals surface area contributed by atoms with Crippen LogP contribution in [-0.2, 0) is 14.9 Å². The first-order chi connectivity index (χ1) is 8.86. The maximum absolute atomic E-state index is 12.0. The first-order valence-corrected chi connectivity index (χ1v) is 6.78. The van der Waals surface area contributed by atoms with Crippen molar-refractivity contribution in [2.75, 3.05) is 13.2 Å². The lowest BCUT2D eigenvalue weighted by molar-refractivity contribution is 0.0410. The Kier molecular flexibility index (Phi) is 3.68. The minimum Gasteiger partial charge on any atom is -0.459 e. The molecule has 3 nitrogen and oxygen atoms in total. The number of esters is 1. The predicted octanol–water partition coefficient (Wildman–Crippen LogP) is 3.32. The monoisotopic (exact) mass is 262 g/mol. The van der Waals surface area contributed by atoms with Crippen LogP contribution in [0.2, 0.25) is 0 Å². The molecule has 0 saturated carbocycles. The first kappa shape index (κ1) is 14.1. The fraction of sp³-hybridized carbons (Fsp3) is 0.562. The van der Waals surface area contributed by atoms with Crippen molar-refractivity contribution in [1.29, 1.82) is 0 Å². The van der Waals surface area contributed by atoms with Crippen LogP contribution in [0.15, 0.2) is 24.3 Å². The molecule has 0 spiro atoms. The molecular weight excluding hydrogens is 240 g/mol. The third-order valence-corrected chi connectivity index (χ3v) is 3.91. The molecule has 0 N–H and O–H groups in total. The van der Waals surface area contributed by atoms with Gasteiger partial charge >= 0.3 is 5.97 Å². The van der Waals surface area contributed by atoms with Crippen molar-refractivity contribution in [3.63, 3.8) is 0 Å². The standard InChI is InChI=1S/C16H22O3/c1-5-15(2,3)13-8-6-7-12(9-13)14(17)18-10-16(4)11-19-16/h6-9H,5,10-11H2,1-4H3. The molecule has 1 unspecified atom stereocenters. The summed E-state index contributed by atoms with van der Waals surface area (Å²) in [7, 11) is 0. The van der Waals surface area contributed by atoms with Crippen molar-refractivity contribution in [2.45, 2.75) is 45.1 Å². The Morgan fingerprint density at radius 1 is 1.47 bits per heavy atom. The number of carbonyl (C=O) groups is 1. The van der Waals surface area contributed by atoms with Gasteiger partial charge in [-0.05, 0) is 36.5 Å². The Labute approximate surface area is 114 Å². The van der Waals surface area contributed by atoms with E-state index in [0.717, 1.165) is 6.42 Å². The van der Waals surface area contributed by atoms with E-state index >= 15 is 0 Å². The van der Waals surface area contributed by atoms with Gasteiger partial charge in [0.1, 0.15) is 12.2 Å². The van der Waals surface area contributed by atoms with E-state index in [1.165, 1.54) is 5.56 Å². The van der Waals surface area contributed by atoms with E-state index in [9.17, 15) is 4.79 Å². The Balaban J connectivity index is 2.07. The highest BCUT2D eigenvalue weighted by Gasteiger charge is 2.40. The van der Waals surface area contributed by atoms with Crippen LogP contribution in [0.5, 0.6) is 0 Å². The second-order valence-corrected chi connectivity index (χ2v) is 6.13. The molecular formula is C16H22O3. The molecule has 1 saturated heterocycles. The van der Waals surface area contributed by atoms with Crippen molar-refractivity contribution in [1.82, 2.24) is 0 Å². The highest BCUT2D eigenvalue weighted by atomic mass is 16.6. The van der Waals surface area contributed by atoms with Crippen LogP contribution in [0.25, 0.3) is 0 Å². The van der Waals surface area contributed by atoms with Crippen LogP contribution in [0.1, 0.15) is 50.0 Å². The molecule has 0 aliphatic carbocycles. The summed E-state index contributed by atoms with van der Waals surface area (Å²) in [5, 5.41) is 0. The maximum atomic E-state index is 12.0. The zero-order valence-corrected chi connectivity index (χ0v) is 12.2. The molecule has 0 aromatic heterocycles. The summed E-state index contributed by atoms with van der Waals surface area (Å²) in [4.78, 5) is 12.0. The predicted molar refractivity (Wildman–Crippen MR) is 74.4 cm³/mol. The fourth-order valence-corrected chi connectivity index (χ4v) is 1.78. The largest absolute Gasteiger partial charge is 0.459 e. The van der Waals surface area contributed by atoms with Crippen molar-refractivity contribution in [2.24, 2.45) is 0 Å². The summed E-state index contributed by atoms with van der Waals surface area (Å²) < 4.78 is 10.5. The van der Waals surface area contributed by atoms with Crippen molar-refractivity contribution in [3.8, 4) is 0 Å². The Bertz CT molecular complexity index is 473. The molecule has 1 fully saturated rings. The van der Waals surface area contributed by atoms with E-state index in [4.69, 9.17) is 9.47 Å². The number of hydrogen-bond donors (Lipinski definition) is 0. The Hall–Kier alpha value is -1.35. The normalized spacial score (nSPS) is 22.1. The molecule has 19 heavy (non-hydrogen) atoms. The lowest BCUT2D eigenvalue weighted by Gasteiger charge is -2.23. The fourth-order valence-electron chi connectivity index (χ4n) is 1.78. The van der Waals surface area contributed by atoms with Gasteiger partial charge in [-0.15, -0.1) is 0 Å². The summed E-state index contributed by atoms with van der Waals surface area (Å²) in [6.07, 6.45) is 1.03. The van der Waals surface area contributed by atoms with Gasteiger partial charge in [-0.3, -0.25) is 0 Å². The molecule has 0 radical (unpaired) electrons. The number of carbonyl (C=O) groups excluding carboxylic acids is 1. The third kappa shape index (κ3) is 3.35. The van der Waals surface area contributed by atoms with E-state index < -0.39 is 0 Å². The lowest BCUT2D eigenvalue weighted by atomic mass is 9.82. The molecule has 1 atom stereocenters. The van der Waals surface area contributed by atoms with Gasteiger partial charge in [0.2, 0.25) is 0 Å². The number of hydrogen-bond acceptors (Lipinski definition) is 3. The second-order valence-electron chi connectivity index (χ2n) is 6.13. The van der Waals surface area contributed by atoms with Gasteiger partial charge < -0.3 is 9.47 Å². The van der Waals surface area contributed by atoms with Gasteiger partial charge in [0.15, 0.2) is 0 Å². The summed E-state index contributed by atoms with van der Waals surface area (Å²) in [6, 6.07) is 7.71. The van der Waals surface area contributed by atoms with Crippen LogP contribution in [0.3, 0.4) is 0 Å². The molecule has 1 aliphatic heterocycles. The van der Waals surface area contributed by atoms with Crippen molar-refractivity contribution in [3.05, 3.63) is 35.4 Å². The van der Waals surface area contributed by atoms with E-state index in [1.807, 2.05) is 19.1 Å². The maximum Gasteiger partial charge on any atom is 0.338 e. The quantitative estimate of drug-likeness (QED) is 0.603. The van der Waals surface area contributed by atoms with Crippen LogP contribution < -0.4 is 0 Å². The highest BCUT2D eigenvalue weighted by molar-refractivity contribution is 5.89. The highest BCUT2D eigenvalue weighted by Crippen LogP contribution is 2.28.